The molecule has 0 amide bonds. The van der Waals surface area contributed by atoms with Crippen LogP contribution < -0.4 is 15.0 Å². The van der Waals surface area contributed by atoms with Crippen LogP contribution in [0.5, 0.6) is 11.5 Å². The lowest BCUT2D eigenvalue weighted by Crippen LogP contribution is -2.22. The van der Waals surface area contributed by atoms with E-state index in [9.17, 15) is 4.79 Å². The standard InChI is InChI=1S/C26H20Br2Cl3N3O3/c1-3-22-33-20-8-6-16(27)10-18(20)26(35)34(22)32-12-15-9-21(36-4-2)25(24(31)23(15)28)37-13-14-5-7-17(29)11-19(14)30/h5-12H,3-4,13H2,1-2H3. The molecule has 0 aliphatic rings. The highest BCUT2D eigenvalue weighted by Crippen LogP contribution is 2.43. The summed E-state index contributed by atoms with van der Waals surface area (Å²) in [5.74, 6) is 1.30. The molecule has 0 N–H and O–H groups in total. The maximum Gasteiger partial charge on any atom is 0.282 e. The summed E-state index contributed by atoms with van der Waals surface area (Å²) in [5, 5.41) is 6.23. The summed E-state index contributed by atoms with van der Waals surface area (Å²) in [4.78, 5) is 17.8. The summed E-state index contributed by atoms with van der Waals surface area (Å²) in [6.07, 6.45) is 2.05. The van der Waals surface area contributed by atoms with Crippen molar-refractivity contribution in [1.29, 1.82) is 0 Å². The zero-order valence-corrected chi connectivity index (χ0v) is 25.1. The number of benzene rings is 3. The van der Waals surface area contributed by atoms with Crippen molar-refractivity contribution in [3.63, 3.8) is 0 Å². The molecule has 0 spiro atoms. The molecule has 1 heterocycles. The van der Waals surface area contributed by atoms with Crippen LogP contribution in [0.4, 0.5) is 0 Å². The summed E-state index contributed by atoms with van der Waals surface area (Å²) < 4.78 is 14.4. The topological polar surface area (TPSA) is 65.7 Å². The van der Waals surface area contributed by atoms with Crippen molar-refractivity contribution in [3.05, 3.63) is 93.8 Å². The van der Waals surface area contributed by atoms with E-state index in [-0.39, 0.29) is 12.2 Å². The fourth-order valence-electron chi connectivity index (χ4n) is 3.55. The van der Waals surface area contributed by atoms with Gasteiger partial charge in [0.2, 0.25) is 0 Å². The maximum atomic E-state index is 13.2. The SMILES string of the molecule is CCOc1cc(C=Nn2c(CC)nc3ccc(Br)cc3c2=O)c(Br)c(Cl)c1OCc1ccc(Cl)cc1Cl. The van der Waals surface area contributed by atoms with Gasteiger partial charge in [0, 0.05) is 36.5 Å². The Morgan fingerprint density at radius 1 is 1.05 bits per heavy atom. The Hall–Kier alpha value is -2.10. The molecule has 1 aromatic heterocycles. The number of halogens is 5. The molecule has 0 atom stereocenters. The number of hydrogen-bond acceptors (Lipinski definition) is 5. The summed E-state index contributed by atoms with van der Waals surface area (Å²) in [6, 6.07) is 12.3. The third-order valence-electron chi connectivity index (χ3n) is 5.35. The lowest BCUT2D eigenvalue weighted by molar-refractivity contribution is 0.269. The number of rotatable bonds is 8. The second kappa shape index (κ2) is 12.2. The van der Waals surface area contributed by atoms with Gasteiger partial charge in [0.25, 0.3) is 5.56 Å². The van der Waals surface area contributed by atoms with Gasteiger partial charge in [-0.15, -0.1) is 0 Å². The Morgan fingerprint density at radius 3 is 2.54 bits per heavy atom. The number of hydrogen-bond donors (Lipinski definition) is 0. The molecule has 37 heavy (non-hydrogen) atoms. The smallest absolute Gasteiger partial charge is 0.282 e. The largest absolute Gasteiger partial charge is 0.490 e. The second-order valence-electron chi connectivity index (χ2n) is 7.78. The third-order valence-corrected chi connectivity index (χ3v) is 7.87. The molecule has 11 heteroatoms. The normalized spacial score (nSPS) is 11.4. The van der Waals surface area contributed by atoms with Gasteiger partial charge >= 0.3 is 0 Å². The highest BCUT2D eigenvalue weighted by atomic mass is 79.9. The maximum absolute atomic E-state index is 13.2. The zero-order chi connectivity index (χ0) is 26.7. The second-order valence-corrected chi connectivity index (χ2v) is 10.7. The average molecular weight is 689 g/mol. The molecule has 0 aliphatic carbocycles. The summed E-state index contributed by atoms with van der Waals surface area (Å²) in [7, 11) is 0. The molecule has 4 rings (SSSR count). The first-order chi connectivity index (χ1) is 17.7. The van der Waals surface area contributed by atoms with Crippen molar-refractivity contribution in [3.8, 4) is 11.5 Å². The molecule has 0 bridgehead atoms. The van der Waals surface area contributed by atoms with Crippen LogP contribution in [0.25, 0.3) is 10.9 Å². The molecule has 0 radical (unpaired) electrons. The summed E-state index contributed by atoms with van der Waals surface area (Å²) in [6.45, 7) is 4.31. The van der Waals surface area contributed by atoms with Gasteiger partial charge in [0.05, 0.1) is 23.7 Å². The molecule has 0 saturated heterocycles. The van der Waals surface area contributed by atoms with Gasteiger partial charge < -0.3 is 9.47 Å². The van der Waals surface area contributed by atoms with Crippen molar-refractivity contribution >= 4 is 83.8 Å². The van der Waals surface area contributed by atoms with E-state index in [0.29, 0.717) is 66.4 Å². The van der Waals surface area contributed by atoms with E-state index < -0.39 is 0 Å². The summed E-state index contributed by atoms with van der Waals surface area (Å²) >= 11 is 25.9. The first-order valence-electron chi connectivity index (χ1n) is 11.2. The van der Waals surface area contributed by atoms with E-state index in [1.54, 1.807) is 36.4 Å². The highest BCUT2D eigenvalue weighted by molar-refractivity contribution is 9.10. The molecule has 3 aromatic carbocycles. The summed E-state index contributed by atoms with van der Waals surface area (Å²) in [5.41, 5.74) is 1.68. The van der Waals surface area contributed by atoms with Gasteiger partial charge in [-0.05, 0) is 59.3 Å². The Bertz CT molecular complexity index is 1570. The minimum atomic E-state index is -0.272. The molecule has 6 nitrogen and oxygen atoms in total. The van der Waals surface area contributed by atoms with Crippen LogP contribution in [0.15, 0.2) is 61.3 Å². The molecule has 0 saturated carbocycles. The fraction of sp³-hybridized carbons (Fsp3) is 0.192. The van der Waals surface area contributed by atoms with Crippen molar-refractivity contribution < 1.29 is 9.47 Å². The fourth-order valence-corrected chi connectivity index (χ4v) is 5.02. The first-order valence-corrected chi connectivity index (χ1v) is 13.9. The molecular formula is C26H20Br2Cl3N3O3. The van der Waals surface area contributed by atoms with Crippen molar-refractivity contribution in [2.24, 2.45) is 5.10 Å². The van der Waals surface area contributed by atoms with E-state index in [2.05, 4.69) is 41.9 Å². The predicted octanol–water partition coefficient (Wildman–Crippen LogP) is 8.30. The van der Waals surface area contributed by atoms with Crippen molar-refractivity contribution in [2.75, 3.05) is 6.61 Å². The van der Waals surface area contributed by atoms with E-state index in [4.69, 9.17) is 44.3 Å². The van der Waals surface area contributed by atoms with Gasteiger partial charge in [0.15, 0.2) is 11.5 Å². The molecule has 0 fully saturated rings. The highest BCUT2D eigenvalue weighted by Gasteiger charge is 2.18. The van der Waals surface area contributed by atoms with Crippen molar-refractivity contribution in [2.45, 2.75) is 26.9 Å². The quantitative estimate of drug-likeness (QED) is 0.175. The molecule has 0 unspecified atom stereocenters. The number of ether oxygens (including phenoxy) is 2. The van der Waals surface area contributed by atoms with Crippen LogP contribution >= 0.6 is 66.7 Å². The van der Waals surface area contributed by atoms with E-state index in [0.717, 1.165) is 10.0 Å². The van der Waals surface area contributed by atoms with Crippen LogP contribution in [-0.2, 0) is 13.0 Å². The minimum Gasteiger partial charge on any atom is -0.490 e. The Kier molecular flexibility index (Phi) is 9.19. The Labute approximate surface area is 245 Å². The van der Waals surface area contributed by atoms with Crippen LogP contribution in [0.2, 0.25) is 15.1 Å². The molecule has 192 valence electrons. The number of fused-ring (bicyclic) bond motifs is 1. The number of aromatic nitrogens is 2. The minimum absolute atomic E-state index is 0.156. The van der Waals surface area contributed by atoms with Gasteiger partial charge in [0.1, 0.15) is 17.5 Å². The molecule has 0 aliphatic heterocycles. The first kappa shape index (κ1) is 27.9. The number of aryl methyl sites for hydroxylation is 1. The molecule has 4 aromatic rings. The van der Waals surface area contributed by atoms with E-state index in [1.807, 2.05) is 19.9 Å². The van der Waals surface area contributed by atoms with Gasteiger partial charge in [-0.2, -0.15) is 9.78 Å². The Morgan fingerprint density at radius 2 is 1.84 bits per heavy atom. The predicted molar refractivity (Wildman–Crippen MR) is 157 cm³/mol. The van der Waals surface area contributed by atoms with Gasteiger partial charge in [-0.25, -0.2) is 4.98 Å². The molecular weight excluding hydrogens is 668 g/mol. The number of nitrogens with zero attached hydrogens (tertiary/aromatic N) is 3. The van der Waals surface area contributed by atoms with Crippen LogP contribution in [0.1, 0.15) is 30.8 Å². The lowest BCUT2D eigenvalue weighted by atomic mass is 10.2. The van der Waals surface area contributed by atoms with Gasteiger partial charge in [-0.1, -0.05) is 63.7 Å². The van der Waals surface area contributed by atoms with Crippen LogP contribution in [0.3, 0.4) is 0 Å². The third kappa shape index (κ3) is 6.15. The van der Waals surface area contributed by atoms with Crippen LogP contribution in [0, 0.1) is 0 Å². The van der Waals surface area contributed by atoms with E-state index in [1.165, 1.54) is 10.9 Å². The Balaban J connectivity index is 1.73. The van der Waals surface area contributed by atoms with Crippen LogP contribution in [-0.4, -0.2) is 22.5 Å². The van der Waals surface area contributed by atoms with Gasteiger partial charge in [-0.3, -0.25) is 4.79 Å². The zero-order valence-electron chi connectivity index (χ0n) is 19.7. The average Bonchev–Trinajstić information content (AvgIpc) is 2.87. The van der Waals surface area contributed by atoms with E-state index >= 15 is 0 Å². The van der Waals surface area contributed by atoms with Crippen molar-refractivity contribution in [1.82, 2.24) is 9.66 Å². The monoisotopic (exact) mass is 685 g/mol. The lowest BCUT2D eigenvalue weighted by Gasteiger charge is -2.16.